The molecule has 0 spiro atoms. The summed E-state index contributed by atoms with van der Waals surface area (Å²) in [6.45, 7) is 3.02. The third-order valence-electron chi connectivity index (χ3n) is 4.83. The first kappa shape index (κ1) is 16.0. The Morgan fingerprint density at radius 3 is 2.84 bits per heavy atom. The summed E-state index contributed by atoms with van der Waals surface area (Å²) in [5.41, 5.74) is 1.15. The van der Waals surface area contributed by atoms with Gasteiger partial charge >= 0.3 is 0 Å². The van der Waals surface area contributed by atoms with E-state index in [-0.39, 0.29) is 0 Å². The summed E-state index contributed by atoms with van der Waals surface area (Å²) in [4.78, 5) is 11.5. The summed E-state index contributed by atoms with van der Waals surface area (Å²) in [6, 6.07) is 6.31. The van der Waals surface area contributed by atoms with E-state index in [2.05, 4.69) is 20.0 Å². The topological polar surface area (TPSA) is 60.0 Å². The number of hydrogen-bond acceptors (Lipinski definition) is 5. The summed E-state index contributed by atoms with van der Waals surface area (Å²) in [5, 5.41) is 4.31. The number of furan rings is 1. The van der Waals surface area contributed by atoms with E-state index in [4.69, 9.17) is 4.42 Å². The molecular formula is C19H23N5O. The highest BCUT2D eigenvalue weighted by atomic mass is 16.3. The van der Waals surface area contributed by atoms with E-state index >= 15 is 0 Å². The molecule has 0 radical (unpaired) electrons. The second kappa shape index (κ2) is 7.61. The standard InChI is InChI=1S/C19H23N5O/c1-2-9-23(17(5-1)7-11-24-10-4-8-22-24)15-16-13-20-19(21-14-16)18-6-3-12-25-18/h3-4,6,8,10,12-14,17H,1-2,5,7,9,11,15H2/t17-/m1/s1. The summed E-state index contributed by atoms with van der Waals surface area (Å²) in [6.07, 6.45) is 14.3. The second-order valence-corrected chi connectivity index (χ2v) is 6.57. The maximum Gasteiger partial charge on any atom is 0.195 e. The zero-order valence-electron chi connectivity index (χ0n) is 14.3. The van der Waals surface area contributed by atoms with Crippen molar-refractivity contribution < 1.29 is 4.42 Å². The lowest BCUT2D eigenvalue weighted by Gasteiger charge is -2.35. The fourth-order valence-electron chi connectivity index (χ4n) is 3.51. The largest absolute Gasteiger partial charge is 0.461 e. The second-order valence-electron chi connectivity index (χ2n) is 6.57. The Balaban J connectivity index is 1.39. The Labute approximate surface area is 147 Å². The molecule has 1 aliphatic rings. The minimum absolute atomic E-state index is 0.600. The number of hydrogen-bond donors (Lipinski definition) is 0. The minimum atomic E-state index is 0.600. The average molecular weight is 337 g/mol. The van der Waals surface area contributed by atoms with Crippen LogP contribution in [0.2, 0.25) is 0 Å². The molecule has 25 heavy (non-hydrogen) atoms. The van der Waals surface area contributed by atoms with Crippen LogP contribution in [0.3, 0.4) is 0 Å². The van der Waals surface area contributed by atoms with Crippen molar-refractivity contribution in [3.05, 3.63) is 54.8 Å². The van der Waals surface area contributed by atoms with Gasteiger partial charge in [0, 0.05) is 49.5 Å². The number of aromatic nitrogens is 4. The van der Waals surface area contributed by atoms with E-state index in [9.17, 15) is 0 Å². The number of piperidine rings is 1. The van der Waals surface area contributed by atoms with Crippen molar-refractivity contribution in [3.63, 3.8) is 0 Å². The lowest BCUT2D eigenvalue weighted by molar-refractivity contribution is 0.127. The van der Waals surface area contributed by atoms with Crippen LogP contribution >= 0.6 is 0 Å². The molecule has 0 aliphatic carbocycles. The van der Waals surface area contributed by atoms with Crippen LogP contribution in [0.1, 0.15) is 31.2 Å². The molecule has 3 aromatic rings. The van der Waals surface area contributed by atoms with E-state index in [1.165, 1.54) is 19.3 Å². The van der Waals surface area contributed by atoms with Gasteiger partial charge in [-0.3, -0.25) is 9.58 Å². The van der Waals surface area contributed by atoms with Gasteiger partial charge in [0.25, 0.3) is 0 Å². The predicted octanol–water partition coefficient (Wildman–Crippen LogP) is 3.38. The molecule has 6 nitrogen and oxygen atoms in total. The quantitative estimate of drug-likeness (QED) is 0.690. The highest BCUT2D eigenvalue weighted by molar-refractivity contribution is 5.45. The van der Waals surface area contributed by atoms with Crippen LogP contribution in [0.15, 0.2) is 53.7 Å². The smallest absolute Gasteiger partial charge is 0.195 e. The van der Waals surface area contributed by atoms with Crippen LogP contribution in [0.25, 0.3) is 11.6 Å². The van der Waals surface area contributed by atoms with Crippen LogP contribution in [-0.4, -0.2) is 37.2 Å². The van der Waals surface area contributed by atoms with E-state index < -0.39 is 0 Å². The number of rotatable bonds is 6. The van der Waals surface area contributed by atoms with Crippen molar-refractivity contribution in [2.45, 2.75) is 44.8 Å². The van der Waals surface area contributed by atoms with Crippen LogP contribution in [-0.2, 0) is 13.1 Å². The zero-order valence-corrected chi connectivity index (χ0v) is 14.3. The predicted molar refractivity (Wildman–Crippen MR) is 94.6 cm³/mol. The number of nitrogens with zero attached hydrogens (tertiary/aromatic N) is 5. The lowest BCUT2D eigenvalue weighted by atomic mass is 9.99. The van der Waals surface area contributed by atoms with Crippen LogP contribution in [0, 0.1) is 0 Å². The molecule has 4 heterocycles. The maximum atomic E-state index is 5.35. The third kappa shape index (κ3) is 3.96. The van der Waals surface area contributed by atoms with Crippen molar-refractivity contribution in [3.8, 4) is 11.6 Å². The molecule has 0 unspecified atom stereocenters. The molecule has 1 atom stereocenters. The monoisotopic (exact) mass is 337 g/mol. The molecule has 1 aliphatic heterocycles. The molecule has 0 saturated carbocycles. The number of likely N-dealkylation sites (tertiary alicyclic amines) is 1. The summed E-state index contributed by atoms with van der Waals surface area (Å²) in [7, 11) is 0. The molecule has 0 amide bonds. The van der Waals surface area contributed by atoms with Crippen LogP contribution in [0.5, 0.6) is 0 Å². The molecule has 0 bridgehead atoms. The van der Waals surface area contributed by atoms with Gasteiger partial charge in [0.2, 0.25) is 0 Å². The van der Waals surface area contributed by atoms with Crippen LogP contribution < -0.4 is 0 Å². The van der Waals surface area contributed by atoms with Crippen molar-refractivity contribution in [1.82, 2.24) is 24.6 Å². The van der Waals surface area contributed by atoms with Crippen molar-refractivity contribution in [2.24, 2.45) is 0 Å². The van der Waals surface area contributed by atoms with Gasteiger partial charge < -0.3 is 4.42 Å². The Bertz CT molecular complexity index is 752. The summed E-state index contributed by atoms with van der Waals surface area (Å²) in [5.74, 6) is 1.35. The van der Waals surface area contributed by atoms with E-state index in [1.54, 1.807) is 6.26 Å². The van der Waals surface area contributed by atoms with Crippen molar-refractivity contribution in [1.29, 1.82) is 0 Å². The Morgan fingerprint density at radius 1 is 1.16 bits per heavy atom. The van der Waals surface area contributed by atoms with Gasteiger partial charge in [-0.15, -0.1) is 0 Å². The first-order valence-electron chi connectivity index (χ1n) is 8.95. The van der Waals surface area contributed by atoms with Gasteiger partial charge in [0.1, 0.15) is 0 Å². The fourth-order valence-corrected chi connectivity index (χ4v) is 3.51. The average Bonchev–Trinajstić information content (AvgIpc) is 3.36. The first-order chi connectivity index (χ1) is 12.4. The molecule has 130 valence electrons. The SMILES string of the molecule is c1coc(-c2ncc(CN3CCCC[C@@H]3CCn3cccn3)cn2)c1. The Kier molecular flexibility index (Phi) is 4.88. The molecule has 1 fully saturated rings. The van der Waals surface area contributed by atoms with Gasteiger partial charge in [-0.2, -0.15) is 5.10 Å². The van der Waals surface area contributed by atoms with Gasteiger partial charge in [-0.05, 0) is 44.0 Å². The van der Waals surface area contributed by atoms with Gasteiger partial charge in [-0.25, -0.2) is 9.97 Å². The molecule has 0 aromatic carbocycles. The Hall–Kier alpha value is -2.47. The number of aryl methyl sites for hydroxylation is 1. The van der Waals surface area contributed by atoms with Gasteiger partial charge in [-0.1, -0.05) is 6.42 Å². The van der Waals surface area contributed by atoms with E-state index in [0.717, 1.165) is 31.6 Å². The molecule has 6 heteroatoms. The van der Waals surface area contributed by atoms with Gasteiger partial charge in [0.05, 0.1) is 6.26 Å². The van der Waals surface area contributed by atoms with Crippen molar-refractivity contribution >= 4 is 0 Å². The molecule has 3 aromatic heterocycles. The van der Waals surface area contributed by atoms with Crippen LogP contribution in [0.4, 0.5) is 0 Å². The molecule has 4 rings (SSSR count). The fraction of sp³-hybridized carbons (Fsp3) is 0.421. The minimum Gasteiger partial charge on any atom is -0.461 e. The molecular weight excluding hydrogens is 314 g/mol. The normalized spacial score (nSPS) is 18.5. The summed E-state index contributed by atoms with van der Waals surface area (Å²) < 4.78 is 7.37. The third-order valence-corrected chi connectivity index (χ3v) is 4.83. The van der Waals surface area contributed by atoms with Gasteiger partial charge in [0.15, 0.2) is 11.6 Å². The maximum absolute atomic E-state index is 5.35. The van der Waals surface area contributed by atoms with E-state index in [1.807, 2.05) is 47.7 Å². The van der Waals surface area contributed by atoms with Crippen molar-refractivity contribution in [2.75, 3.05) is 6.54 Å². The Morgan fingerprint density at radius 2 is 2.08 bits per heavy atom. The highest BCUT2D eigenvalue weighted by Crippen LogP contribution is 2.22. The molecule has 1 saturated heterocycles. The van der Waals surface area contributed by atoms with E-state index in [0.29, 0.717) is 17.6 Å². The highest BCUT2D eigenvalue weighted by Gasteiger charge is 2.22. The lowest BCUT2D eigenvalue weighted by Crippen LogP contribution is -2.39. The first-order valence-corrected chi connectivity index (χ1v) is 8.95. The summed E-state index contributed by atoms with van der Waals surface area (Å²) >= 11 is 0. The zero-order chi connectivity index (χ0) is 16.9. The molecule has 0 N–H and O–H groups in total.